The summed E-state index contributed by atoms with van der Waals surface area (Å²) < 4.78 is 6.57. The molecule has 7 nitrogen and oxygen atoms in total. The molecular weight excluding hydrogens is 320 g/mol. The van der Waals surface area contributed by atoms with Crippen molar-refractivity contribution in [1.82, 2.24) is 9.61 Å². The molecule has 3 aromatic rings. The maximum atomic E-state index is 12.2. The number of anilines is 2. The monoisotopic (exact) mass is 338 g/mol. The van der Waals surface area contributed by atoms with Crippen LogP contribution in [0.25, 0.3) is 5.52 Å². The lowest BCUT2D eigenvalue weighted by molar-refractivity contribution is 0.0528. The lowest BCUT2D eigenvalue weighted by Crippen LogP contribution is -2.19. The molecule has 0 aliphatic rings. The Balaban J connectivity index is 1.78. The Labute approximate surface area is 144 Å². The van der Waals surface area contributed by atoms with E-state index in [9.17, 15) is 9.59 Å². The van der Waals surface area contributed by atoms with Gasteiger partial charge in [0.2, 0.25) is 0 Å². The Kier molecular flexibility index (Phi) is 4.65. The van der Waals surface area contributed by atoms with Gasteiger partial charge in [0.05, 0.1) is 18.3 Å². The lowest BCUT2D eigenvalue weighted by Gasteiger charge is -2.09. The average molecular weight is 338 g/mol. The molecular formula is C18H18N4O3. The van der Waals surface area contributed by atoms with Crippen LogP contribution in [0, 0.1) is 6.92 Å². The zero-order chi connectivity index (χ0) is 17.8. The number of esters is 1. The first-order valence-electron chi connectivity index (χ1n) is 7.86. The van der Waals surface area contributed by atoms with Gasteiger partial charge >= 0.3 is 12.0 Å². The molecule has 0 spiro atoms. The number of aromatic nitrogens is 2. The van der Waals surface area contributed by atoms with Crippen LogP contribution in [0.2, 0.25) is 0 Å². The molecule has 0 bridgehead atoms. The molecule has 0 unspecified atom stereocenters. The number of hydrogen-bond donors (Lipinski definition) is 2. The SMILES string of the molecule is CCOC(=O)c1cnn2ccc(NC(=O)Nc3cccc(C)c3)cc12. The van der Waals surface area contributed by atoms with Crippen molar-refractivity contribution in [2.75, 3.05) is 17.2 Å². The van der Waals surface area contributed by atoms with E-state index in [4.69, 9.17) is 4.74 Å². The molecule has 7 heteroatoms. The molecule has 3 rings (SSSR count). The van der Waals surface area contributed by atoms with Crippen LogP contribution in [0.15, 0.2) is 48.8 Å². The summed E-state index contributed by atoms with van der Waals surface area (Å²) in [6, 6.07) is 10.5. The van der Waals surface area contributed by atoms with Crippen molar-refractivity contribution >= 4 is 28.9 Å². The molecule has 0 atom stereocenters. The predicted molar refractivity (Wildman–Crippen MR) is 95.0 cm³/mol. The van der Waals surface area contributed by atoms with E-state index in [1.165, 1.54) is 6.20 Å². The van der Waals surface area contributed by atoms with E-state index in [0.717, 1.165) is 5.56 Å². The van der Waals surface area contributed by atoms with Crippen molar-refractivity contribution in [2.24, 2.45) is 0 Å². The molecule has 25 heavy (non-hydrogen) atoms. The van der Waals surface area contributed by atoms with Gasteiger partial charge in [-0.1, -0.05) is 12.1 Å². The largest absolute Gasteiger partial charge is 0.462 e. The second kappa shape index (κ2) is 7.04. The molecule has 2 amide bonds. The zero-order valence-electron chi connectivity index (χ0n) is 13.9. The molecule has 0 aliphatic heterocycles. The summed E-state index contributed by atoms with van der Waals surface area (Å²) in [5.74, 6) is -0.445. The first-order valence-corrected chi connectivity index (χ1v) is 7.86. The molecule has 0 saturated heterocycles. The maximum Gasteiger partial charge on any atom is 0.341 e. The predicted octanol–water partition coefficient (Wildman–Crippen LogP) is 3.46. The Morgan fingerprint density at radius 1 is 1.16 bits per heavy atom. The lowest BCUT2D eigenvalue weighted by atomic mass is 10.2. The van der Waals surface area contributed by atoms with Gasteiger partial charge in [-0.2, -0.15) is 5.10 Å². The number of benzene rings is 1. The van der Waals surface area contributed by atoms with Gasteiger partial charge in [0.1, 0.15) is 5.56 Å². The first kappa shape index (κ1) is 16.5. The van der Waals surface area contributed by atoms with Crippen LogP contribution in [0.4, 0.5) is 16.2 Å². The van der Waals surface area contributed by atoms with E-state index in [1.54, 1.807) is 29.8 Å². The Morgan fingerprint density at radius 2 is 1.92 bits per heavy atom. The summed E-state index contributed by atoms with van der Waals surface area (Å²) in [4.78, 5) is 24.1. The van der Waals surface area contributed by atoms with Gasteiger partial charge in [0.15, 0.2) is 0 Å². The Bertz CT molecular complexity index is 933. The number of hydrogen-bond acceptors (Lipinski definition) is 4. The van der Waals surface area contributed by atoms with Crippen molar-refractivity contribution in [3.63, 3.8) is 0 Å². The van der Waals surface area contributed by atoms with E-state index in [0.29, 0.717) is 22.5 Å². The minimum atomic E-state index is -0.445. The Morgan fingerprint density at radius 3 is 2.64 bits per heavy atom. The van der Waals surface area contributed by atoms with Crippen LogP contribution in [-0.2, 0) is 4.74 Å². The zero-order valence-corrected chi connectivity index (χ0v) is 13.9. The van der Waals surface area contributed by atoms with Gasteiger partial charge in [0, 0.05) is 17.6 Å². The molecule has 2 heterocycles. The van der Waals surface area contributed by atoms with Gasteiger partial charge < -0.3 is 15.4 Å². The van der Waals surface area contributed by atoms with Crippen LogP contribution in [-0.4, -0.2) is 28.2 Å². The van der Waals surface area contributed by atoms with Gasteiger partial charge in [-0.3, -0.25) is 0 Å². The number of rotatable bonds is 4. The third-order valence-corrected chi connectivity index (χ3v) is 3.55. The van der Waals surface area contributed by atoms with Crippen molar-refractivity contribution in [3.8, 4) is 0 Å². The quantitative estimate of drug-likeness (QED) is 0.714. The van der Waals surface area contributed by atoms with Crippen LogP contribution >= 0.6 is 0 Å². The van der Waals surface area contributed by atoms with Crippen molar-refractivity contribution in [1.29, 1.82) is 0 Å². The molecule has 0 fully saturated rings. The number of ether oxygens (including phenoxy) is 1. The maximum absolute atomic E-state index is 12.2. The molecule has 0 radical (unpaired) electrons. The second-order valence-corrected chi connectivity index (χ2v) is 5.47. The summed E-state index contributed by atoms with van der Waals surface area (Å²) in [7, 11) is 0. The topological polar surface area (TPSA) is 84.7 Å². The van der Waals surface area contributed by atoms with Gasteiger partial charge in [0.25, 0.3) is 0 Å². The normalized spacial score (nSPS) is 10.5. The number of pyridine rings is 1. The molecule has 2 N–H and O–H groups in total. The van der Waals surface area contributed by atoms with Crippen LogP contribution in [0.1, 0.15) is 22.8 Å². The highest BCUT2D eigenvalue weighted by Gasteiger charge is 2.14. The highest BCUT2D eigenvalue weighted by Crippen LogP contribution is 2.18. The number of amides is 2. The summed E-state index contributed by atoms with van der Waals surface area (Å²) in [5, 5.41) is 9.62. The molecule has 2 aromatic heterocycles. The molecule has 1 aromatic carbocycles. The number of carbonyl (C=O) groups is 2. The third kappa shape index (κ3) is 3.77. The first-order chi connectivity index (χ1) is 12.1. The minimum absolute atomic E-state index is 0.285. The second-order valence-electron chi connectivity index (χ2n) is 5.47. The summed E-state index contributed by atoms with van der Waals surface area (Å²) in [6.07, 6.45) is 3.12. The number of carbonyl (C=O) groups excluding carboxylic acids is 2. The van der Waals surface area contributed by atoms with E-state index in [1.807, 2.05) is 31.2 Å². The number of nitrogens with zero attached hydrogens (tertiary/aromatic N) is 2. The third-order valence-electron chi connectivity index (χ3n) is 3.55. The molecule has 0 aliphatic carbocycles. The summed E-state index contributed by atoms with van der Waals surface area (Å²) >= 11 is 0. The van der Waals surface area contributed by atoms with E-state index < -0.39 is 5.97 Å². The number of urea groups is 1. The smallest absolute Gasteiger partial charge is 0.341 e. The minimum Gasteiger partial charge on any atom is -0.462 e. The average Bonchev–Trinajstić information content (AvgIpc) is 2.98. The number of aryl methyl sites for hydroxylation is 1. The van der Waals surface area contributed by atoms with E-state index in [-0.39, 0.29) is 12.6 Å². The fraction of sp³-hybridized carbons (Fsp3) is 0.167. The fourth-order valence-electron chi connectivity index (χ4n) is 2.44. The number of nitrogens with one attached hydrogen (secondary N) is 2. The van der Waals surface area contributed by atoms with Crippen molar-refractivity contribution < 1.29 is 14.3 Å². The van der Waals surface area contributed by atoms with E-state index >= 15 is 0 Å². The summed E-state index contributed by atoms with van der Waals surface area (Å²) in [6.45, 7) is 3.98. The van der Waals surface area contributed by atoms with Crippen LogP contribution in [0.5, 0.6) is 0 Å². The highest BCUT2D eigenvalue weighted by molar-refractivity contribution is 6.01. The standard InChI is InChI=1S/C18H18N4O3/c1-3-25-17(23)15-11-19-22-8-7-14(10-16(15)22)21-18(24)20-13-6-4-5-12(2)9-13/h4-11H,3H2,1-2H3,(H2,20,21,24). The number of fused-ring (bicyclic) bond motifs is 1. The van der Waals surface area contributed by atoms with Gasteiger partial charge in [-0.15, -0.1) is 0 Å². The summed E-state index contributed by atoms with van der Waals surface area (Å²) in [5.41, 5.74) is 3.22. The van der Waals surface area contributed by atoms with Crippen molar-refractivity contribution in [3.05, 3.63) is 59.9 Å². The fourth-order valence-corrected chi connectivity index (χ4v) is 2.44. The van der Waals surface area contributed by atoms with Crippen LogP contribution in [0.3, 0.4) is 0 Å². The van der Waals surface area contributed by atoms with Crippen LogP contribution < -0.4 is 10.6 Å². The van der Waals surface area contributed by atoms with Crippen molar-refractivity contribution in [2.45, 2.75) is 13.8 Å². The van der Waals surface area contributed by atoms with E-state index in [2.05, 4.69) is 15.7 Å². The molecule has 0 saturated carbocycles. The molecule has 128 valence electrons. The Hall–Kier alpha value is -3.35. The highest BCUT2D eigenvalue weighted by atomic mass is 16.5. The van der Waals surface area contributed by atoms with Gasteiger partial charge in [-0.05, 0) is 43.7 Å². The van der Waals surface area contributed by atoms with Gasteiger partial charge in [-0.25, -0.2) is 14.1 Å².